The van der Waals surface area contributed by atoms with Gasteiger partial charge in [-0.3, -0.25) is 10.1 Å². The summed E-state index contributed by atoms with van der Waals surface area (Å²) in [5.41, 5.74) is 1.000. The zero-order valence-electron chi connectivity index (χ0n) is 12.8. The summed E-state index contributed by atoms with van der Waals surface area (Å²) in [6, 6.07) is 5.43. The second kappa shape index (κ2) is 7.41. The Bertz CT molecular complexity index is 482. The van der Waals surface area contributed by atoms with Crippen molar-refractivity contribution in [2.24, 2.45) is 5.92 Å². The van der Waals surface area contributed by atoms with E-state index in [0.717, 1.165) is 24.2 Å². The Morgan fingerprint density at radius 3 is 2.67 bits per heavy atom. The first-order valence-corrected chi connectivity index (χ1v) is 7.77. The quantitative estimate of drug-likeness (QED) is 0.557. The van der Waals surface area contributed by atoms with E-state index in [2.05, 4.69) is 19.2 Å². The van der Waals surface area contributed by atoms with Gasteiger partial charge in [-0.2, -0.15) is 0 Å². The second-order valence-corrected chi connectivity index (χ2v) is 5.70. The molecule has 0 heterocycles. The van der Waals surface area contributed by atoms with Gasteiger partial charge in [0.2, 0.25) is 0 Å². The van der Waals surface area contributed by atoms with Gasteiger partial charge < -0.3 is 10.1 Å². The molecular weight excluding hydrogens is 268 g/mol. The average Bonchev–Trinajstić information content (AvgIpc) is 3.30. The number of nitrogens with zero attached hydrogens (tertiary/aromatic N) is 1. The highest BCUT2D eigenvalue weighted by molar-refractivity contribution is 5.43. The lowest BCUT2D eigenvalue weighted by atomic mass is 10.1. The van der Waals surface area contributed by atoms with Gasteiger partial charge in [-0.05, 0) is 24.8 Å². The molecule has 1 aromatic rings. The molecule has 2 rings (SSSR count). The van der Waals surface area contributed by atoms with Crippen molar-refractivity contribution in [3.05, 3.63) is 33.9 Å². The minimum absolute atomic E-state index is 0.123. The van der Waals surface area contributed by atoms with Gasteiger partial charge >= 0.3 is 0 Å². The van der Waals surface area contributed by atoms with E-state index in [1.165, 1.54) is 18.9 Å². The van der Waals surface area contributed by atoms with E-state index in [1.807, 2.05) is 0 Å². The van der Waals surface area contributed by atoms with Gasteiger partial charge in [0, 0.05) is 30.3 Å². The summed E-state index contributed by atoms with van der Waals surface area (Å²) in [6.45, 7) is 5.61. The number of hydrogen-bond donors (Lipinski definition) is 1. The Labute approximate surface area is 125 Å². The van der Waals surface area contributed by atoms with Gasteiger partial charge in [0.05, 0.1) is 11.5 Å². The summed E-state index contributed by atoms with van der Waals surface area (Å²) in [5.74, 6) is 1.30. The van der Waals surface area contributed by atoms with Crippen molar-refractivity contribution in [1.29, 1.82) is 0 Å². The fourth-order valence-corrected chi connectivity index (χ4v) is 2.23. The minimum Gasteiger partial charge on any atom is -0.493 e. The topological polar surface area (TPSA) is 64.4 Å². The lowest BCUT2D eigenvalue weighted by Gasteiger charge is -2.16. The highest BCUT2D eigenvalue weighted by atomic mass is 16.6. The highest BCUT2D eigenvalue weighted by Crippen LogP contribution is 2.27. The molecule has 0 saturated heterocycles. The number of ether oxygens (including phenoxy) is 1. The molecule has 5 heteroatoms. The molecule has 1 aliphatic rings. The molecule has 0 aromatic heterocycles. The Hall–Kier alpha value is -1.62. The molecule has 1 N–H and O–H groups in total. The standard InChI is InChI=1S/C16H24N2O3/c1-3-12(4-2)11-21-16-8-7-15(18(19)20)9-13(16)10-17-14-5-6-14/h7-9,12,14,17H,3-6,10-11H2,1-2H3. The van der Waals surface area contributed by atoms with E-state index in [9.17, 15) is 10.1 Å². The molecule has 116 valence electrons. The van der Waals surface area contributed by atoms with Crippen LogP contribution < -0.4 is 10.1 Å². The maximum absolute atomic E-state index is 10.9. The average molecular weight is 292 g/mol. The maximum atomic E-state index is 10.9. The van der Waals surface area contributed by atoms with Crippen LogP contribution >= 0.6 is 0 Å². The van der Waals surface area contributed by atoms with Crippen molar-refractivity contribution in [3.63, 3.8) is 0 Å². The predicted octanol–water partition coefficient (Wildman–Crippen LogP) is 3.66. The third kappa shape index (κ3) is 4.70. The molecule has 0 atom stereocenters. The summed E-state index contributed by atoms with van der Waals surface area (Å²) >= 11 is 0. The third-order valence-electron chi connectivity index (χ3n) is 4.04. The van der Waals surface area contributed by atoms with Crippen molar-refractivity contribution >= 4 is 5.69 Å². The van der Waals surface area contributed by atoms with Crippen LogP contribution in [0.1, 0.15) is 45.1 Å². The van der Waals surface area contributed by atoms with E-state index < -0.39 is 0 Å². The van der Waals surface area contributed by atoms with Crippen LogP contribution in [-0.4, -0.2) is 17.6 Å². The van der Waals surface area contributed by atoms with Crippen LogP contribution in [0.3, 0.4) is 0 Å². The van der Waals surface area contributed by atoms with Crippen molar-refractivity contribution in [2.45, 2.75) is 52.1 Å². The number of rotatable bonds is 9. The SMILES string of the molecule is CCC(CC)COc1ccc([N+](=O)[O-])cc1CNC1CC1. The summed E-state index contributed by atoms with van der Waals surface area (Å²) in [5, 5.41) is 14.3. The molecule has 0 aliphatic heterocycles. The molecule has 1 fully saturated rings. The predicted molar refractivity (Wildman–Crippen MR) is 82.5 cm³/mol. The summed E-state index contributed by atoms with van der Waals surface area (Å²) in [4.78, 5) is 10.6. The van der Waals surface area contributed by atoms with Crippen molar-refractivity contribution in [2.75, 3.05) is 6.61 Å². The fourth-order valence-electron chi connectivity index (χ4n) is 2.23. The van der Waals surface area contributed by atoms with E-state index in [0.29, 0.717) is 25.1 Å². The number of hydrogen-bond acceptors (Lipinski definition) is 4. The molecule has 0 unspecified atom stereocenters. The number of benzene rings is 1. The van der Waals surface area contributed by atoms with Gasteiger partial charge in [-0.15, -0.1) is 0 Å². The summed E-state index contributed by atoms with van der Waals surface area (Å²) in [6.07, 6.45) is 4.55. The molecule has 0 amide bonds. The Morgan fingerprint density at radius 2 is 2.10 bits per heavy atom. The number of nitro benzene ring substituents is 1. The normalized spacial score (nSPS) is 14.4. The van der Waals surface area contributed by atoms with Gasteiger partial charge in [0.25, 0.3) is 5.69 Å². The maximum Gasteiger partial charge on any atom is 0.270 e. The first kappa shape index (κ1) is 15.8. The van der Waals surface area contributed by atoms with Gasteiger partial charge in [-0.1, -0.05) is 26.7 Å². The van der Waals surface area contributed by atoms with Crippen LogP contribution in [0.4, 0.5) is 5.69 Å². The zero-order chi connectivity index (χ0) is 15.2. The zero-order valence-corrected chi connectivity index (χ0v) is 12.8. The Kier molecular flexibility index (Phi) is 5.56. The molecule has 1 aliphatic carbocycles. The van der Waals surface area contributed by atoms with E-state index in [-0.39, 0.29) is 10.6 Å². The molecule has 1 saturated carbocycles. The highest BCUT2D eigenvalue weighted by Gasteiger charge is 2.21. The first-order chi connectivity index (χ1) is 10.1. The monoisotopic (exact) mass is 292 g/mol. The van der Waals surface area contributed by atoms with Crippen LogP contribution in [0.5, 0.6) is 5.75 Å². The summed E-state index contributed by atoms with van der Waals surface area (Å²) in [7, 11) is 0. The smallest absolute Gasteiger partial charge is 0.270 e. The van der Waals surface area contributed by atoms with E-state index in [1.54, 1.807) is 12.1 Å². The van der Waals surface area contributed by atoms with Crippen LogP contribution in [0.15, 0.2) is 18.2 Å². The fraction of sp³-hybridized carbons (Fsp3) is 0.625. The first-order valence-electron chi connectivity index (χ1n) is 7.77. The van der Waals surface area contributed by atoms with Crippen LogP contribution in [-0.2, 0) is 6.54 Å². The van der Waals surface area contributed by atoms with Crippen LogP contribution in [0.25, 0.3) is 0 Å². The Morgan fingerprint density at radius 1 is 1.38 bits per heavy atom. The van der Waals surface area contributed by atoms with Gasteiger partial charge in [0.15, 0.2) is 0 Å². The molecule has 1 aromatic carbocycles. The van der Waals surface area contributed by atoms with Crippen molar-refractivity contribution in [3.8, 4) is 5.75 Å². The van der Waals surface area contributed by atoms with E-state index >= 15 is 0 Å². The minimum atomic E-state index is -0.356. The third-order valence-corrected chi connectivity index (χ3v) is 4.04. The summed E-state index contributed by atoms with van der Waals surface area (Å²) < 4.78 is 5.91. The lowest BCUT2D eigenvalue weighted by Crippen LogP contribution is -2.17. The lowest BCUT2D eigenvalue weighted by molar-refractivity contribution is -0.384. The molecule has 0 spiro atoms. The molecular formula is C16H24N2O3. The number of nitrogens with one attached hydrogen (secondary N) is 1. The van der Waals surface area contributed by atoms with E-state index in [4.69, 9.17) is 4.74 Å². The molecule has 21 heavy (non-hydrogen) atoms. The molecule has 0 bridgehead atoms. The Balaban J connectivity index is 2.07. The van der Waals surface area contributed by atoms with Crippen molar-refractivity contribution in [1.82, 2.24) is 5.32 Å². The van der Waals surface area contributed by atoms with Gasteiger partial charge in [0.1, 0.15) is 5.75 Å². The largest absolute Gasteiger partial charge is 0.493 e. The van der Waals surface area contributed by atoms with Gasteiger partial charge in [-0.25, -0.2) is 0 Å². The molecule has 0 radical (unpaired) electrons. The second-order valence-electron chi connectivity index (χ2n) is 5.70. The molecule has 5 nitrogen and oxygen atoms in total. The van der Waals surface area contributed by atoms with Crippen LogP contribution in [0, 0.1) is 16.0 Å². The van der Waals surface area contributed by atoms with Crippen LogP contribution in [0.2, 0.25) is 0 Å². The number of nitro groups is 1. The number of non-ortho nitro benzene ring substituents is 1. The van der Waals surface area contributed by atoms with Crippen molar-refractivity contribution < 1.29 is 9.66 Å².